The van der Waals surface area contributed by atoms with Crippen molar-refractivity contribution in [2.75, 3.05) is 20.8 Å². The van der Waals surface area contributed by atoms with Gasteiger partial charge in [-0.3, -0.25) is 9.47 Å². The lowest BCUT2D eigenvalue weighted by atomic mass is 9.83. The topological polar surface area (TPSA) is 70.0 Å². The second-order valence-corrected chi connectivity index (χ2v) is 12.0. The molecule has 9 heteroatoms. The molecule has 1 aliphatic carbocycles. The van der Waals surface area contributed by atoms with Gasteiger partial charge in [-0.15, -0.1) is 0 Å². The zero-order chi connectivity index (χ0) is 29.0. The van der Waals surface area contributed by atoms with Crippen LogP contribution in [-0.4, -0.2) is 53.8 Å². The zero-order valence-electron chi connectivity index (χ0n) is 23.8. The van der Waals surface area contributed by atoms with Crippen LogP contribution in [-0.2, 0) is 16.0 Å². The fraction of sp³-hybridized carbons (Fsp3) is 0.484. The van der Waals surface area contributed by atoms with E-state index in [2.05, 4.69) is 4.90 Å². The van der Waals surface area contributed by atoms with Crippen molar-refractivity contribution in [1.29, 1.82) is 0 Å². The van der Waals surface area contributed by atoms with Crippen LogP contribution in [0, 0.1) is 12.3 Å². The molecule has 2 aromatic carbocycles. The minimum Gasteiger partial charge on any atom is -0.496 e. The lowest BCUT2D eigenvalue weighted by Gasteiger charge is -2.40. The number of esters is 1. The first kappa shape index (κ1) is 28.1. The Morgan fingerprint density at radius 1 is 1.10 bits per heavy atom. The fourth-order valence-corrected chi connectivity index (χ4v) is 6.04. The van der Waals surface area contributed by atoms with Gasteiger partial charge in [-0.2, -0.15) is 0 Å². The van der Waals surface area contributed by atoms with Gasteiger partial charge < -0.3 is 14.2 Å². The number of rotatable bonds is 5. The molecule has 2 aliphatic rings. The summed E-state index contributed by atoms with van der Waals surface area (Å²) < 4.78 is 46.8. The third-order valence-corrected chi connectivity index (χ3v) is 8.23. The summed E-state index contributed by atoms with van der Waals surface area (Å²) >= 11 is 0. The number of likely N-dealkylation sites (tertiary alicyclic amines) is 1. The van der Waals surface area contributed by atoms with Gasteiger partial charge in [0.05, 0.1) is 25.3 Å². The van der Waals surface area contributed by atoms with Crippen LogP contribution in [0.3, 0.4) is 0 Å². The van der Waals surface area contributed by atoms with Crippen LogP contribution in [0.4, 0.5) is 13.6 Å². The van der Waals surface area contributed by atoms with Crippen LogP contribution in [0.1, 0.15) is 73.1 Å². The number of fused-ring (bicyclic) bond motifs is 1. The van der Waals surface area contributed by atoms with Crippen molar-refractivity contribution in [2.24, 2.45) is 5.41 Å². The number of benzene rings is 2. The van der Waals surface area contributed by atoms with E-state index in [9.17, 15) is 18.4 Å². The predicted molar refractivity (Wildman–Crippen MR) is 147 cm³/mol. The van der Waals surface area contributed by atoms with Gasteiger partial charge in [-0.25, -0.2) is 18.4 Å². The average Bonchev–Trinajstić information content (AvgIpc) is 3.21. The summed E-state index contributed by atoms with van der Waals surface area (Å²) in [6.45, 7) is 8.29. The molecule has 1 saturated heterocycles. The first-order valence-electron chi connectivity index (χ1n) is 13.5. The second kappa shape index (κ2) is 9.87. The molecule has 214 valence electrons. The Kier molecular flexibility index (Phi) is 6.93. The van der Waals surface area contributed by atoms with Gasteiger partial charge in [0.1, 0.15) is 11.4 Å². The highest BCUT2D eigenvalue weighted by atomic mass is 19.3. The Labute approximate surface area is 233 Å². The molecule has 2 unspecified atom stereocenters. The number of piperidine rings is 1. The van der Waals surface area contributed by atoms with Crippen molar-refractivity contribution >= 4 is 23.0 Å². The third kappa shape index (κ3) is 4.96. The number of nitrogens with zero attached hydrogens (tertiary/aromatic N) is 2. The lowest BCUT2D eigenvalue weighted by Crippen LogP contribution is -2.39. The molecule has 0 amide bonds. The molecule has 2 atom stereocenters. The summed E-state index contributed by atoms with van der Waals surface area (Å²) in [5.41, 5.74) is 2.08. The van der Waals surface area contributed by atoms with Crippen LogP contribution in [0.2, 0.25) is 0 Å². The van der Waals surface area contributed by atoms with E-state index in [-0.39, 0.29) is 12.5 Å². The molecular formula is C31H36F2N2O5. The molecule has 0 bridgehead atoms. The monoisotopic (exact) mass is 554 g/mol. The lowest BCUT2D eigenvalue weighted by molar-refractivity contribution is 0.00631. The van der Waals surface area contributed by atoms with Crippen LogP contribution < -0.4 is 4.74 Å². The molecule has 2 fully saturated rings. The van der Waals surface area contributed by atoms with Crippen molar-refractivity contribution in [2.45, 2.75) is 71.1 Å². The summed E-state index contributed by atoms with van der Waals surface area (Å²) in [4.78, 5) is 27.2. The van der Waals surface area contributed by atoms with Gasteiger partial charge in [0.2, 0.25) is 0 Å². The van der Waals surface area contributed by atoms with E-state index in [1.807, 2.05) is 52.0 Å². The van der Waals surface area contributed by atoms with E-state index in [4.69, 9.17) is 14.2 Å². The molecule has 1 aliphatic heterocycles. The number of carbonyl (C=O) groups excluding carboxylic acids is 2. The number of methoxy groups -OCH3 is 2. The molecule has 7 nitrogen and oxygen atoms in total. The fourth-order valence-electron chi connectivity index (χ4n) is 6.04. The Balaban J connectivity index is 1.53. The van der Waals surface area contributed by atoms with Crippen LogP contribution in [0.5, 0.6) is 5.75 Å². The second-order valence-electron chi connectivity index (χ2n) is 12.0. The number of halogens is 2. The molecule has 0 radical (unpaired) electrons. The Bertz CT molecular complexity index is 1460. The maximum Gasteiger partial charge on any atom is 0.419 e. The number of ether oxygens (including phenoxy) is 3. The number of aryl methyl sites for hydroxylation is 1. The quantitative estimate of drug-likeness (QED) is 0.320. The molecule has 40 heavy (non-hydrogen) atoms. The van der Waals surface area contributed by atoms with Crippen molar-refractivity contribution in [3.63, 3.8) is 0 Å². The maximum atomic E-state index is 14.6. The molecule has 1 aromatic heterocycles. The van der Waals surface area contributed by atoms with Gasteiger partial charge in [0, 0.05) is 41.6 Å². The number of aromatic nitrogens is 1. The Hall–Kier alpha value is -3.46. The third-order valence-electron chi connectivity index (χ3n) is 8.23. The van der Waals surface area contributed by atoms with Gasteiger partial charge in [0.25, 0.3) is 5.92 Å². The van der Waals surface area contributed by atoms with E-state index in [0.717, 1.165) is 27.6 Å². The summed E-state index contributed by atoms with van der Waals surface area (Å²) in [5.74, 6) is -2.44. The van der Waals surface area contributed by atoms with Crippen LogP contribution in [0.15, 0.2) is 42.6 Å². The zero-order valence-corrected chi connectivity index (χ0v) is 23.8. The number of hydrogen-bond acceptors (Lipinski definition) is 6. The average molecular weight is 555 g/mol. The Morgan fingerprint density at radius 3 is 2.35 bits per heavy atom. The first-order valence-corrected chi connectivity index (χ1v) is 13.5. The summed E-state index contributed by atoms with van der Waals surface area (Å²) in [7, 11) is 2.93. The van der Waals surface area contributed by atoms with Crippen molar-refractivity contribution in [3.05, 3.63) is 64.8 Å². The van der Waals surface area contributed by atoms with E-state index >= 15 is 0 Å². The number of hydrogen-bond donors (Lipinski definition) is 0. The summed E-state index contributed by atoms with van der Waals surface area (Å²) in [5, 5.41) is 0.847. The Morgan fingerprint density at radius 2 is 1.77 bits per heavy atom. The predicted octanol–water partition coefficient (Wildman–Crippen LogP) is 6.89. The molecular weight excluding hydrogens is 518 g/mol. The number of alkyl halides is 2. The highest BCUT2D eigenvalue weighted by Gasteiger charge is 2.71. The van der Waals surface area contributed by atoms with Crippen molar-refractivity contribution < 1.29 is 32.6 Å². The maximum absolute atomic E-state index is 14.6. The summed E-state index contributed by atoms with van der Waals surface area (Å²) in [6, 6.07) is 10.5. The minimum absolute atomic E-state index is 0.0958. The highest BCUT2D eigenvalue weighted by molar-refractivity contribution is 5.95. The SMILES string of the molecule is COC(=O)c1ccc(C2CC3(CCN2Cc2c(OC)cc(C)c4c2ccn4C(=O)OC(C)(C)C)CC3(F)F)cc1. The molecule has 2 heterocycles. The van der Waals surface area contributed by atoms with E-state index < -0.39 is 29.0 Å². The van der Waals surface area contributed by atoms with Crippen LogP contribution >= 0.6 is 0 Å². The summed E-state index contributed by atoms with van der Waals surface area (Å²) in [6.07, 6.45) is 1.84. The normalized spacial score (nSPS) is 22.4. The molecule has 0 N–H and O–H groups in total. The minimum atomic E-state index is -2.66. The van der Waals surface area contributed by atoms with Crippen molar-refractivity contribution in [1.82, 2.24) is 9.47 Å². The van der Waals surface area contributed by atoms with E-state index in [1.54, 1.807) is 25.4 Å². The smallest absolute Gasteiger partial charge is 0.419 e. The first-order chi connectivity index (χ1) is 18.8. The van der Waals surface area contributed by atoms with Gasteiger partial charge in [-0.1, -0.05) is 12.1 Å². The molecule has 5 rings (SSSR count). The standard InChI is InChI=1S/C31H36F2N2O5/c1-19-15-25(38-5)23(22-11-13-35(26(19)22)28(37)40-29(2,3)4)17-34-14-12-30(18-31(30,32)33)16-24(34)20-7-9-21(10-8-20)27(36)39-6/h7-11,13,15,24H,12,14,16-18H2,1-6H3. The van der Waals surface area contributed by atoms with E-state index in [0.29, 0.717) is 37.2 Å². The van der Waals surface area contributed by atoms with Gasteiger partial charge in [-0.05, 0) is 82.5 Å². The highest BCUT2D eigenvalue weighted by Crippen LogP contribution is 2.68. The van der Waals surface area contributed by atoms with Crippen molar-refractivity contribution in [3.8, 4) is 5.75 Å². The van der Waals surface area contributed by atoms with Crippen LogP contribution in [0.25, 0.3) is 10.9 Å². The number of carbonyl (C=O) groups is 2. The molecule has 3 aromatic rings. The van der Waals surface area contributed by atoms with Gasteiger partial charge in [0.15, 0.2) is 0 Å². The van der Waals surface area contributed by atoms with Gasteiger partial charge >= 0.3 is 12.1 Å². The van der Waals surface area contributed by atoms with E-state index in [1.165, 1.54) is 11.7 Å². The molecule has 1 spiro atoms. The largest absolute Gasteiger partial charge is 0.496 e. The molecule has 1 saturated carbocycles.